The van der Waals surface area contributed by atoms with Gasteiger partial charge in [0, 0.05) is 51.7 Å². The van der Waals surface area contributed by atoms with Crippen LogP contribution in [0.5, 0.6) is 0 Å². The van der Waals surface area contributed by atoms with Crippen LogP contribution in [-0.4, -0.2) is 59.0 Å². The zero-order valence-corrected chi connectivity index (χ0v) is 10.8. The van der Waals surface area contributed by atoms with Crippen LogP contribution in [0.1, 0.15) is 6.42 Å². The smallest absolute Gasteiger partial charge is 0.311 e. The highest BCUT2D eigenvalue weighted by molar-refractivity contribution is 6.35. The molecule has 1 aliphatic rings. The third-order valence-electron chi connectivity index (χ3n) is 3.04. The lowest BCUT2D eigenvalue weighted by molar-refractivity contribution is -0.146. The molecule has 2 N–H and O–H groups in total. The molecule has 0 atom stereocenters. The molecular weight excluding hydrogens is 246 g/mol. The third-order valence-corrected chi connectivity index (χ3v) is 3.04. The predicted molar refractivity (Wildman–Crippen MR) is 69.3 cm³/mol. The number of carbonyl (C=O) groups excluding carboxylic acids is 2. The number of aromatic nitrogens is 2. The van der Waals surface area contributed by atoms with Crippen molar-refractivity contribution in [1.82, 2.24) is 25.1 Å². The van der Waals surface area contributed by atoms with E-state index >= 15 is 0 Å². The highest BCUT2D eigenvalue weighted by Crippen LogP contribution is 1.94. The molecule has 0 aromatic carbocycles. The first-order valence-electron chi connectivity index (χ1n) is 6.51. The Balaban J connectivity index is 1.64. The fourth-order valence-corrected chi connectivity index (χ4v) is 1.97. The van der Waals surface area contributed by atoms with Crippen molar-refractivity contribution >= 4 is 11.8 Å². The molecular formula is C12H19N5O2. The van der Waals surface area contributed by atoms with Crippen molar-refractivity contribution < 1.29 is 9.59 Å². The van der Waals surface area contributed by atoms with Crippen LogP contribution in [0.3, 0.4) is 0 Å². The Morgan fingerprint density at radius 1 is 1.32 bits per heavy atom. The van der Waals surface area contributed by atoms with Crippen LogP contribution in [0.2, 0.25) is 0 Å². The molecule has 1 saturated heterocycles. The number of imidazole rings is 1. The lowest BCUT2D eigenvalue weighted by atomic mass is 10.3. The van der Waals surface area contributed by atoms with Crippen molar-refractivity contribution in [2.24, 2.45) is 0 Å². The second-order valence-corrected chi connectivity index (χ2v) is 4.45. The van der Waals surface area contributed by atoms with E-state index in [0.29, 0.717) is 19.6 Å². The number of piperazine rings is 1. The Morgan fingerprint density at radius 3 is 2.79 bits per heavy atom. The summed E-state index contributed by atoms with van der Waals surface area (Å²) < 4.78 is 1.93. The van der Waals surface area contributed by atoms with Crippen LogP contribution in [0.25, 0.3) is 0 Å². The first-order chi connectivity index (χ1) is 9.27. The van der Waals surface area contributed by atoms with Gasteiger partial charge >= 0.3 is 11.8 Å². The van der Waals surface area contributed by atoms with Crippen molar-refractivity contribution in [1.29, 1.82) is 0 Å². The number of hydrogen-bond donors (Lipinski definition) is 2. The molecule has 2 rings (SSSR count). The first kappa shape index (κ1) is 13.5. The normalized spacial score (nSPS) is 15.3. The van der Waals surface area contributed by atoms with Gasteiger partial charge in [0.1, 0.15) is 0 Å². The minimum Gasteiger partial charge on any atom is -0.348 e. The lowest BCUT2D eigenvalue weighted by Crippen LogP contribution is -2.51. The minimum atomic E-state index is -0.507. The topological polar surface area (TPSA) is 79.3 Å². The van der Waals surface area contributed by atoms with Crippen molar-refractivity contribution in [3.63, 3.8) is 0 Å². The molecule has 1 aromatic rings. The van der Waals surface area contributed by atoms with E-state index in [1.807, 2.05) is 10.8 Å². The van der Waals surface area contributed by atoms with Gasteiger partial charge in [0.05, 0.1) is 6.33 Å². The summed E-state index contributed by atoms with van der Waals surface area (Å²) in [5, 5.41) is 5.80. The summed E-state index contributed by atoms with van der Waals surface area (Å²) in [6.45, 7) is 3.97. The van der Waals surface area contributed by atoms with Gasteiger partial charge < -0.3 is 20.1 Å². The summed E-state index contributed by atoms with van der Waals surface area (Å²) in [5.74, 6) is -0.934. The number of nitrogens with one attached hydrogen (secondary N) is 2. The minimum absolute atomic E-state index is 0.427. The predicted octanol–water partition coefficient (Wildman–Crippen LogP) is -1.18. The average Bonchev–Trinajstić information content (AvgIpc) is 2.96. The number of hydrogen-bond acceptors (Lipinski definition) is 4. The highest BCUT2D eigenvalue weighted by Gasteiger charge is 2.22. The largest absolute Gasteiger partial charge is 0.348 e. The molecule has 0 bridgehead atoms. The van der Waals surface area contributed by atoms with Gasteiger partial charge in [0.25, 0.3) is 0 Å². The summed E-state index contributed by atoms with van der Waals surface area (Å²) in [4.78, 5) is 29.0. The zero-order valence-electron chi connectivity index (χ0n) is 10.8. The fraction of sp³-hybridized carbons (Fsp3) is 0.583. The molecule has 0 aliphatic carbocycles. The molecule has 19 heavy (non-hydrogen) atoms. The summed E-state index contributed by atoms with van der Waals surface area (Å²) >= 11 is 0. The van der Waals surface area contributed by atoms with Gasteiger partial charge in [-0.15, -0.1) is 0 Å². The van der Waals surface area contributed by atoms with Gasteiger partial charge in [-0.3, -0.25) is 9.59 Å². The van der Waals surface area contributed by atoms with Crippen molar-refractivity contribution in [3.8, 4) is 0 Å². The van der Waals surface area contributed by atoms with Crippen molar-refractivity contribution in [3.05, 3.63) is 18.7 Å². The zero-order chi connectivity index (χ0) is 13.5. The van der Waals surface area contributed by atoms with Gasteiger partial charge in [0.15, 0.2) is 0 Å². The highest BCUT2D eigenvalue weighted by atomic mass is 16.2. The van der Waals surface area contributed by atoms with E-state index in [4.69, 9.17) is 0 Å². The molecule has 7 nitrogen and oxygen atoms in total. The maximum Gasteiger partial charge on any atom is 0.311 e. The Morgan fingerprint density at radius 2 is 2.11 bits per heavy atom. The molecule has 7 heteroatoms. The quantitative estimate of drug-likeness (QED) is 0.530. The van der Waals surface area contributed by atoms with Crippen molar-refractivity contribution in [2.45, 2.75) is 13.0 Å². The second-order valence-electron chi connectivity index (χ2n) is 4.45. The van der Waals surface area contributed by atoms with Gasteiger partial charge in [0.2, 0.25) is 0 Å². The lowest BCUT2D eigenvalue weighted by Gasteiger charge is -2.26. The number of amides is 2. The van der Waals surface area contributed by atoms with Gasteiger partial charge in [-0.1, -0.05) is 0 Å². The molecule has 1 aromatic heterocycles. The van der Waals surface area contributed by atoms with Gasteiger partial charge in [-0.05, 0) is 6.42 Å². The Kier molecular flexibility index (Phi) is 4.91. The van der Waals surface area contributed by atoms with Crippen LogP contribution in [0, 0.1) is 0 Å². The summed E-state index contributed by atoms with van der Waals surface area (Å²) in [5.41, 5.74) is 0. The SMILES string of the molecule is O=C(NCCCn1ccnc1)C(=O)N1CCNCC1. The monoisotopic (exact) mass is 265 g/mol. The van der Waals surface area contributed by atoms with E-state index < -0.39 is 11.8 Å². The van der Waals surface area contributed by atoms with Crippen LogP contribution < -0.4 is 10.6 Å². The molecule has 0 radical (unpaired) electrons. The molecule has 0 saturated carbocycles. The van der Waals surface area contributed by atoms with Crippen LogP contribution in [0.4, 0.5) is 0 Å². The maximum atomic E-state index is 11.8. The van der Waals surface area contributed by atoms with E-state index in [9.17, 15) is 9.59 Å². The molecule has 1 aliphatic heterocycles. The van der Waals surface area contributed by atoms with Gasteiger partial charge in [-0.25, -0.2) is 4.98 Å². The summed E-state index contributed by atoms with van der Waals surface area (Å²) in [6, 6.07) is 0. The Labute approximate surface area is 112 Å². The van der Waals surface area contributed by atoms with E-state index in [2.05, 4.69) is 15.6 Å². The van der Waals surface area contributed by atoms with E-state index in [1.54, 1.807) is 17.4 Å². The molecule has 104 valence electrons. The number of nitrogens with zero attached hydrogens (tertiary/aromatic N) is 3. The van der Waals surface area contributed by atoms with Crippen molar-refractivity contribution in [2.75, 3.05) is 32.7 Å². The Bertz CT molecular complexity index is 412. The summed E-state index contributed by atoms with van der Waals surface area (Å²) in [7, 11) is 0. The average molecular weight is 265 g/mol. The van der Waals surface area contributed by atoms with E-state index in [-0.39, 0.29) is 0 Å². The van der Waals surface area contributed by atoms with E-state index in [0.717, 1.165) is 26.1 Å². The molecule has 0 spiro atoms. The molecule has 0 unspecified atom stereocenters. The number of rotatable bonds is 4. The first-order valence-corrected chi connectivity index (χ1v) is 6.51. The standard InChI is InChI=1S/C12H19N5O2/c18-11(12(19)17-8-4-13-5-9-17)15-2-1-6-16-7-3-14-10-16/h3,7,10,13H,1-2,4-6,8-9H2,(H,15,18). The molecule has 1 fully saturated rings. The summed E-state index contributed by atoms with van der Waals surface area (Å²) in [6.07, 6.45) is 6.09. The van der Waals surface area contributed by atoms with Gasteiger partial charge in [-0.2, -0.15) is 0 Å². The fourth-order valence-electron chi connectivity index (χ4n) is 1.97. The molecule has 2 amide bonds. The van der Waals surface area contributed by atoms with E-state index in [1.165, 1.54) is 0 Å². The van der Waals surface area contributed by atoms with Crippen LogP contribution in [-0.2, 0) is 16.1 Å². The Hall–Kier alpha value is -1.89. The van der Waals surface area contributed by atoms with Crippen LogP contribution in [0.15, 0.2) is 18.7 Å². The number of aryl methyl sites for hydroxylation is 1. The molecule has 2 heterocycles. The number of carbonyl (C=O) groups is 2. The maximum absolute atomic E-state index is 11.8. The third kappa shape index (κ3) is 4.06. The van der Waals surface area contributed by atoms with Crippen LogP contribution >= 0.6 is 0 Å². The second kappa shape index (κ2) is 6.89.